The largest absolute Gasteiger partial charge is 0.314 e. The lowest BCUT2D eigenvalue weighted by Crippen LogP contribution is -2.54. The van der Waals surface area contributed by atoms with E-state index in [-0.39, 0.29) is 0 Å². The van der Waals surface area contributed by atoms with Crippen LogP contribution < -0.4 is 5.32 Å². The number of nitrogens with zero attached hydrogens (tertiary/aromatic N) is 1. The standard InChI is InChI=1S/C10H20N2/c1-2-9-3-4-10-7-11-5-6-12(10)8-9/h9-11H,2-8H2,1H3/t9-,10-/m0/s1. The summed E-state index contributed by atoms with van der Waals surface area (Å²) in [5, 5.41) is 3.48. The number of fused-ring (bicyclic) bond motifs is 1. The van der Waals surface area contributed by atoms with Crippen molar-refractivity contribution >= 4 is 0 Å². The van der Waals surface area contributed by atoms with E-state index in [1.165, 1.54) is 45.4 Å². The minimum absolute atomic E-state index is 0.863. The van der Waals surface area contributed by atoms with Gasteiger partial charge in [-0.25, -0.2) is 0 Å². The average molecular weight is 168 g/mol. The Labute approximate surface area is 75.3 Å². The van der Waals surface area contributed by atoms with E-state index in [4.69, 9.17) is 0 Å². The van der Waals surface area contributed by atoms with Crippen LogP contribution in [-0.4, -0.2) is 37.1 Å². The zero-order valence-corrected chi connectivity index (χ0v) is 8.05. The topological polar surface area (TPSA) is 15.3 Å². The Morgan fingerprint density at radius 2 is 2.33 bits per heavy atom. The molecular weight excluding hydrogens is 148 g/mol. The molecule has 0 radical (unpaired) electrons. The van der Waals surface area contributed by atoms with Gasteiger partial charge in [0.2, 0.25) is 0 Å². The quantitative estimate of drug-likeness (QED) is 0.630. The van der Waals surface area contributed by atoms with Crippen LogP contribution in [0.15, 0.2) is 0 Å². The van der Waals surface area contributed by atoms with E-state index in [0.717, 1.165) is 12.0 Å². The molecule has 0 saturated carbocycles. The molecule has 0 aromatic carbocycles. The van der Waals surface area contributed by atoms with Crippen molar-refractivity contribution in [1.82, 2.24) is 10.2 Å². The summed E-state index contributed by atoms with van der Waals surface area (Å²) in [4.78, 5) is 2.69. The summed E-state index contributed by atoms with van der Waals surface area (Å²) in [6.07, 6.45) is 4.25. The lowest BCUT2D eigenvalue weighted by atomic mass is 9.90. The molecule has 2 aliphatic rings. The zero-order valence-electron chi connectivity index (χ0n) is 8.05. The summed E-state index contributed by atoms with van der Waals surface area (Å²) >= 11 is 0. The monoisotopic (exact) mass is 168 g/mol. The molecule has 2 aliphatic heterocycles. The van der Waals surface area contributed by atoms with E-state index in [1.54, 1.807) is 0 Å². The highest BCUT2D eigenvalue weighted by Crippen LogP contribution is 2.24. The summed E-state index contributed by atoms with van der Waals surface area (Å²) in [5.41, 5.74) is 0. The second-order valence-electron chi connectivity index (χ2n) is 4.20. The van der Waals surface area contributed by atoms with E-state index in [9.17, 15) is 0 Å². The first kappa shape index (κ1) is 8.52. The van der Waals surface area contributed by atoms with Gasteiger partial charge in [0.1, 0.15) is 0 Å². The van der Waals surface area contributed by atoms with Gasteiger partial charge in [-0.2, -0.15) is 0 Å². The van der Waals surface area contributed by atoms with Gasteiger partial charge in [-0.05, 0) is 18.8 Å². The molecular formula is C10H20N2. The van der Waals surface area contributed by atoms with E-state index < -0.39 is 0 Å². The van der Waals surface area contributed by atoms with Crippen LogP contribution in [0.5, 0.6) is 0 Å². The van der Waals surface area contributed by atoms with Crippen molar-refractivity contribution in [3.05, 3.63) is 0 Å². The predicted molar refractivity (Wildman–Crippen MR) is 51.2 cm³/mol. The van der Waals surface area contributed by atoms with Crippen LogP contribution in [0, 0.1) is 5.92 Å². The molecule has 0 unspecified atom stereocenters. The first-order valence-electron chi connectivity index (χ1n) is 5.35. The van der Waals surface area contributed by atoms with Crippen LogP contribution in [0.1, 0.15) is 26.2 Å². The molecule has 0 aromatic heterocycles. The molecule has 2 heteroatoms. The fraction of sp³-hybridized carbons (Fsp3) is 1.00. The van der Waals surface area contributed by atoms with Crippen LogP contribution in [0.2, 0.25) is 0 Å². The molecule has 2 rings (SSSR count). The van der Waals surface area contributed by atoms with Gasteiger partial charge in [-0.15, -0.1) is 0 Å². The van der Waals surface area contributed by atoms with Crippen LogP contribution in [-0.2, 0) is 0 Å². The van der Waals surface area contributed by atoms with Gasteiger partial charge in [0.05, 0.1) is 0 Å². The first-order valence-corrected chi connectivity index (χ1v) is 5.35. The van der Waals surface area contributed by atoms with Crippen molar-refractivity contribution < 1.29 is 0 Å². The number of piperidine rings is 1. The van der Waals surface area contributed by atoms with Crippen LogP contribution >= 0.6 is 0 Å². The molecule has 70 valence electrons. The minimum atomic E-state index is 0.863. The number of rotatable bonds is 1. The molecule has 0 amide bonds. The normalized spacial score (nSPS) is 37.8. The highest BCUT2D eigenvalue weighted by Gasteiger charge is 2.28. The average Bonchev–Trinajstić information content (AvgIpc) is 2.17. The Kier molecular flexibility index (Phi) is 2.66. The fourth-order valence-corrected chi connectivity index (χ4v) is 2.51. The maximum absolute atomic E-state index is 3.48. The van der Waals surface area contributed by atoms with Gasteiger partial charge in [0.25, 0.3) is 0 Å². The van der Waals surface area contributed by atoms with Crippen molar-refractivity contribution in [3.63, 3.8) is 0 Å². The smallest absolute Gasteiger partial charge is 0.0221 e. The Morgan fingerprint density at radius 3 is 3.17 bits per heavy atom. The molecule has 0 aromatic rings. The molecule has 2 heterocycles. The molecule has 2 atom stereocenters. The van der Waals surface area contributed by atoms with Gasteiger partial charge in [-0.3, -0.25) is 4.90 Å². The number of piperazine rings is 1. The van der Waals surface area contributed by atoms with E-state index in [0.29, 0.717) is 0 Å². The highest BCUT2D eigenvalue weighted by molar-refractivity contribution is 4.85. The highest BCUT2D eigenvalue weighted by atomic mass is 15.2. The summed E-state index contributed by atoms with van der Waals surface area (Å²) in [7, 11) is 0. The molecule has 2 fully saturated rings. The summed E-state index contributed by atoms with van der Waals surface area (Å²) < 4.78 is 0. The third kappa shape index (κ3) is 1.64. The van der Waals surface area contributed by atoms with E-state index >= 15 is 0 Å². The molecule has 2 saturated heterocycles. The minimum Gasteiger partial charge on any atom is -0.314 e. The lowest BCUT2D eigenvalue weighted by Gasteiger charge is -2.42. The summed E-state index contributed by atoms with van der Waals surface area (Å²) in [6, 6.07) is 0.863. The second-order valence-corrected chi connectivity index (χ2v) is 4.20. The zero-order chi connectivity index (χ0) is 8.39. The molecule has 12 heavy (non-hydrogen) atoms. The van der Waals surface area contributed by atoms with Crippen molar-refractivity contribution in [1.29, 1.82) is 0 Å². The van der Waals surface area contributed by atoms with Crippen molar-refractivity contribution in [2.75, 3.05) is 26.2 Å². The third-order valence-corrected chi connectivity index (χ3v) is 3.45. The second kappa shape index (κ2) is 3.75. The van der Waals surface area contributed by atoms with Gasteiger partial charge >= 0.3 is 0 Å². The van der Waals surface area contributed by atoms with E-state index in [1.807, 2.05) is 0 Å². The van der Waals surface area contributed by atoms with E-state index in [2.05, 4.69) is 17.1 Å². The molecule has 1 N–H and O–H groups in total. The lowest BCUT2D eigenvalue weighted by molar-refractivity contribution is 0.0841. The number of hydrogen-bond acceptors (Lipinski definition) is 2. The molecule has 0 aliphatic carbocycles. The number of hydrogen-bond donors (Lipinski definition) is 1. The third-order valence-electron chi connectivity index (χ3n) is 3.45. The van der Waals surface area contributed by atoms with Crippen molar-refractivity contribution in [3.8, 4) is 0 Å². The van der Waals surface area contributed by atoms with Gasteiger partial charge in [0, 0.05) is 32.2 Å². The Hall–Kier alpha value is -0.0800. The maximum Gasteiger partial charge on any atom is 0.0221 e. The first-order chi connectivity index (χ1) is 5.90. The van der Waals surface area contributed by atoms with Gasteiger partial charge in [-0.1, -0.05) is 13.3 Å². The van der Waals surface area contributed by atoms with Gasteiger partial charge < -0.3 is 5.32 Å². The van der Waals surface area contributed by atoms with Crippen LogP contribution in [0.25, 0.3) is 0 Å². The maximum atomic E-state index is 3.48. The molecule has 0 bridgehead atoms. The van der Waals surface area contributed by atoms with Crippen LogP contribution in [0.3, 0.4) is 0 Å². The molecule has 2 nitrogen and oxygen atoms in total. The number of nitrogens with one attached hydrogen (secondary N) is 1. The van der Waals surface area contributed by atoms with Gasteiger partial charge in [0.15, 0.2) is 0 Å². The van der Waals surface area contributed by atoms with Crippen molar-refractivity contribution in [2.45, 2.75) is 32.2 Å². The fourth-order valence-electron chi connectivity index (χ4n) is 2.51. The Morgan fingerprint density at radius 1 is 1.42 bits per heavy atom. The predicted octanol–water partition coefficient (Wildman–Crippen LogP) is 1.08. The van der Waals surface area contributed by atoms with Crippen molar-refractivity contribution in [2.24, 2.45) is 5.92 Å². The SMILES string of the molecule is CC[C@H]1CC[C@H]2CNCCN2C1. The Bertz CT molecular complexity index is 147. The molecule has 0 spiro atoms. The van der Waals surface area contributed by atoms with Crippen LogP contribution in [0.4, 0.5) is 0 Å². The Balaban J connectivity index is 1.90. The summed E-state index contributed by atoms with van der Waals surface area (Å²) in [6.45, 7) is 7.40. The summed E-state index contributed by atoms with van der Waals surface area (Å²) in [5.74, 6) is 0.986.